The number of hydrogen-bond donors (Lipinski definition) is 4. The molecule has 27 heavy (non-hydrogen) atoms. The Kier molecular flexibility index (Phi) is 3.89. The molecule has 1 atom stereocenters. The zero-order chi connectivity index (χ0) is 19.3. The number of nitrogens with zero attached hydrogens (tertiary/aromatic N) is 2. The normalized spacial score (nSPS) is 12.5. The van der Waals surface area contributed by atoms with Crippen LogP contribution in [0.2, 0.25) is 0 Å². The number of nitrogens with one attached hydrogen (secondary N) is 1. The van der Waals surface area contributed by atoms with Gasteiger partial charge in [-0.3, -0.25) is 4.79 Å². The molecule has 2 aromatic carbocycles. The molecule has 0 spiro atoms. The van der Waals surface area contributed by atoms with E-state index in [9.17, 15) is 25.1 Å². The van der Waals surface area contributed by atoms with Crippen LogP contribution in [0, 0.1) is 5.21 Å². The monoisotopic (exact) mass is 384 g/mol. The molecule has 0 saturated heterocycles. The smallest absolute Gasteiger partial charge is 0.340 e. The van der Waals surface area contributed by atoms with Crippen LogP contribution >= 0.6 is 11.3 Å². The number of para-hydroxylation sites is 1. The fraction of sp³-hybridized carbons (Fsp3) is 0. The predicted molar refractivity (Wildman–Crippen MR) is 99.9 cm³/mol. The van der Waals surface area contributed by atoms with E-state index in [1.807, 2.05) is 12.1 Å². The van der Waals surface area contributed by atoms with E-state index in [4.69, 9.17) is 5.73 Å². The highest BCUT2D eigenvalue weighted by Crippen LogP contribution is 2.29. The van der Waals surface area contributed by atoms with Crippen LogP contribution in [-0.2, 0) is 0 Å². The Morgan fingerprint density at radius 3 is 2.63 bits per heavy atom. The molecule has 0 saturated carbocycles. The highest BCUT2D eigenvalue weighted by Gasteiger charge is 2.23. The summed E-state index contributed by atoms with van der Waals surface area (Å²) in [7, 11) is 0. The van der Waals surface area contributed by atoms with Gasteiger partial charge in [-0.25, -0.2) is 19.6 Å². The van der Waals surface area contributed by atoms with Crippen LogP contribution in [0.4, 0.5) is 11.5 Å². The Balaban J connectivity index is 2.13. The Labute approximate surface area is 154 Å². The molecule has 1 unspecified atom stereocenters. The van der Waals surface area contributed by atoms with Gasteiger partial charge < -0.3 is 16.0 Å². The number of benzene rings is 2. The van der Waals surface area contributed by atoms with Crippen molar-refractivity contribution in [1.29, 1.82) is 0 Å². The number of anilines is 1. The highest BCUT2D eigenvalue weighted by molar-refractivity contribution is 7.20. The topological polar surface area (TPSA) is 146 Å². The summed E-state index contributed by atoms with van der Waals surface area (Å²) in [6.45, 7) is 0. The first-order chi connectivity index (χ1) is 12.9. The third kappa shape index (κ3) is 2.64. The maximum Gasteiger partial charge on any atom is 0.340 e. The highest BCUT2D eigenvalue weighted by atomic mass is 32.1. The summed E-state index contributed by atoms with van der Waals surface area (Å²) in [5.74, 6) is -1.59. The number of hydrogen-bond acceptors (Lipinski definition) is 7. The Morgan fingerprint density at radius 2 is 1.96 bits per heavy atom. The standard InChI is InChI=1S/C17H12N4O5S/c18-14-13(16(23)24)9-6-5-8(21(25)26)7-10(9)15(22)20(14)17-19-11-3-1-2-4-12(11)27-17/h1-7,21,25H,18H2,(H,23,24). The zero-order valence-electron chi connectivity index (χ0n) is 13.5. The summed E-state index contributed by atoms with van der Waals surface area (Å²) < 4.78 is 1.82. The molecule has 5 N–H and O–H groups in total. The van der Waals surface area contributed by atoms with E-state index in [0.717, 1.165) is 15.3 Å². The molecule has 0 amide bonds. The molecule has 10 heteroatoms. The molecule has 4 rings (SSSR count). The van der Waals surface area contributed by atoms with Crippen LogP contribution in [-0.4, -0.2) is 25.8 Å². The van der Waals surface area contributed by atoms with E-state index >= 15 is 0 Å². The lowest BCUT2D eigenvalue weighted by molar-refractivity contribution is -0.991. The number of thiazole rings is 1. The number of quaternary nitrogens is 1. The van der Waals surface area contributed by atoms with Gasteiger partial charge in [0.1, 0.15) is 11.4 Å². The summed E-state index contributed by atoms with van der Waals surface area (Å²) in [5.41, 5.74) is 5.64. The molecular formula is C17H12N4O5S. The summed E-state index contributed by atoms with van der Waals surface area (Å²) in [6.07, 6.45) is 0. The number of carboxylic acids is 1. The number of aromatic nitrogens is 2. The minimum Gasteiger partial charge on any atom is -0.595 e. The molecular weight excluding hydrogens is 372 g/mol. The van der Waals surface area contributed by atoms with Gasteiger partial charge in [0.15, 0.2) is 10.8 Å². The molecule has 9 nitrogen and oxygen atoms in total. The molecule has 2 heterocycles. The summed E-state index contributed by atoms with van der Waals surface area (Å²) in [5, 5.41) is 29.1. The molecule has 0 aliphatic heterocycles. The quantitative estimate of drug-likeness (QED) is 0.389. The van der Waals surface area contributed by atoms with Crippen molar-refractivity contribution in [2.75, 3.05) is 5.73 Å². The number of fused-ring (bicyclic) bond motifs is 2. The fourth-order valence-corrected chi connectivity index (χ4v) is 3.90. The van der Waals surface area contributed by atoms with E-state index in [0.29, 0.717) is 5.52 Å². The molecule has 2 aromatic heterocycles. The van der Waals surface area contributed by atoms with Gasteiger partial charge in [-0.05, 0) is 18.2 Å². The minimum absolute atomic E-state index is 0.0549. The van der Waals surface area contributed by atoms with E-state index in [1.165, 1.54) is 23.5 Å². The van der Waals surface area contributed by atoms with Crippen LogP contribution in [0.15, 0.2) is 47.3 Å². The van der Waals surface area contributed by atoms with Crippen LogP contribution in [0.1, 0.15) is 10.4 Å². The maximum atomic E-state index is 13.0. The van der Waals surface area contributed by atoms with Crippen molar-refractivity contribution in [3.63, 3.8) is 0 Å². The van der Waals surface area contributed by atoms with E-state index in [1.54, 1.807) is 12.1 Å². The van der Waals surface area contributed by atoms with E-state index < -0.39 is 16.8 Å². The molecule has 0 radical (unpaired) electrons. The van der Waals surface area contributed by atoms with Crippen molar-refractivity contribution in [3.8, 4) is 5.13 Å². The van der Waals surface area contributed by atoms with Crippen LogP contribution < -0.4 is 16.5 Å². The van der Waals surface area contributed by atoms with Crippen LogP contribution in [0.5, 0.6) is 0 Å². The van der Waals surface area contributed by atoms with E-state index in [2.05, 4.69) is 4.98 Å². The second-order valence-corrected chi connectivity index (χ2v) is 6.74. The first-order valence-corrected chi connectivity index (χ1v) is 8.51. The molecule has 0 fully saturated rings. The summed E-state index contributed by atoms with van der Waals surface area (Å²) in [4.78, 5) is 29.2. The summed E-state index contributed by atoms with van der Waals surface area (Å²) in [6, 6.07) is 10.9. The second-order valence-electron chi connectivity index (χ2n) is 5.74. The number of rotatable bonds is 3. The largest absolute Gasteiger partial charge is 0.595 e. The van der Waals surface area contributed by atoms with E-state index in [-0.39, 0.29) is 33.0 Å². The molecule has 4 aromatic rings. The average Bonchev–Trinajstić information content (AvgIpc) is 3.04. The number of aromatic carboxylic acids is 1. The van der Waals surface area contributed by atoms with Gasteiger partial charge in [-0.2, -0.15) is 5.23 Å². The van der Waals surface area contributed by atoms with Gasteiger partial charge in [0.05, 0.1) is 15.6 Å². The van der Waals surface area contributed by atoms with Gasteiger partial charge in [0.2, 0.25) is 0 Å². The first-order valence-electron chi connectivity index (χ1n) is 7.69. The Morgan fingerprint density at radius 1 is 1.22 bits per heavy atom. The Hall–Kier alpha value is -3.31. The molecule has 0 aliphatic rings. The van der Waals surface area contributed by atoms with Crippen molar-refractivity contribution < 1.29 is 20.3 Å². The predicted octanol–water partition coefficient (Wildman–Crippen LogP) is 1.28. The summed E-state index contributed by atoms with van der Waals surface area (Å²) >= 11 is 1.18. The van der Waals surface area contributed by atoms with Crippen molar-refractivity contribution in [2.45, 2.75) is 0 Å². The van der Waals surface area contributed by atoms with Crippen molar-refractivity contribution in [1.82, 2.24) is 9.55 Å². The zero-order valence-corrected chi connectivity index (χ0v) is 14.4. The Bertz CT molecular complexity index is 1240. The SMILES string of the molecule is Nc1c(C(=O)O)c2ccc([NH+]([O-])O)cc2c(=O)n1-c1nc2ccccc2s1. The van der Waals surface area contributed by atoms with Gasteiger partial charge in [0, 0.05) is 17.5 Å². The molecule has 0 bridgehead atoms. The number of nitrogens with two attached hydrogens (primary N) is 1. The lowest BCUT2D eigenvalue weighted by Gasteiger charge is -2.15. The van der Waals surface area contributed by atoms with Crippen molar-refractivity contribution in [2.24, 2.45) is 0 Å². The number of pyridine rings is 1. The number of carbonyl (C=O) groups is 1. The lowest BCUT2D eigenvalue weighted by atomic mass is 10.1. The van der Waals surface area contributed by atoms with Crippen molar-refractivity contribution in [3.05, 3.63) is 63.6 Å². The number of carboxylic acid groups (broad SMARTS) is 1. The third-order valence-corrected chi connectivity index (χ3v) is 5.18. The van der Waals surface area contributed by atoms with Crippen LogP contribution in [0.25, 0.3) is 26.1 Å². The fourth-order valence-electron chi connectivity index (χ4n) is 2.92. The van der Waals surface area contributed by atoms with Crippen molar-refractivity contribution >= 4 is 49.8 Å². The van der Waals surface area contributed by atoms with Gasteiger partial charge in [0.25, 0.3) is 5.56 Å². The molecule has 0 aliphatic carbocycles. The first kappa shape index (κ1) is 17.1. The molecule has 136 valence electrons. The number of nitrogen functional groups attached to an aromatic ring is 1. The maximum absolute atomic E-state index is 13.0. The third-order valence-electron chi connectivity index (χ3n) is 4.15. The van der Waals surface area contributed by atoms with Gasteiger partial charge in [-0.15, -0.1) is 0 Å². The average molecular weight is 384 g/mol. The lowest BCUT2D eigenvalue weighted by Crippen LogP contribution is -2.99. The minimum atomic E-state index is -1.32. The van der Waals surface area contributed by atoms with Gasteiger partial charge in [-0.1, -0.05) is 23.5 Å². The van der Waals surface area contributed by atoms with Gasteiger partial charge >= 0.3 is 5.97 Å². The van der Waals surface area contributed by atoms with Crippen LogP contribution in [0.3, 0.4) is 0 Å². The second kappa shape index (κ2) is 6.14.